The molecule has 0 aliphatic heterocycles. The van der Waals surface area contributed by atoms with Crippen molar-refractivity contribution in [3.63, 3.8) is 0 Å². The van der Waals surface area contributed by atoms with Crippen molar-refractivity contribution in [3.05, 3.63) is 65.5 Å². The quantitative estimate of drug-likeness (QED) is 0.458. The van der Waals surface area contributed by atoms with E-state index in [0.717, 1.165) is 11.1 Å². The maximum Gasteiger partial charge on any atom is 0.338 e. The molecule has 154 valence electrons. The zero-order valence-electron chi connectivity index (χ0n) is 16.3. The van der Waals surface area contributed by atoms with Crippen LogP contribution in [0.15, 0.2) is 57.8 Å². The second-order valence-electron chi connectivity index (χ2n) is 6.42. The summed E-state index contributed by atoms with van der Waals surface area (Å²) in [5.41, 5.74) is 1.90. The van der Waals surface area contributed by atoms with Gasteiger partial charge in [0.05, 0.1) is 17.0 Å². The van der Waals surface area contributed by atoms with E-state index < -0.39 is 22.1 Å². The van der Waals surface area contributed by atoms with Gasteiger partial charge in [-0.1, -0.05) is 29.7 Å². The minimum absolute atomic E-state index is 0.0590. The van der Waals surface area contributed by atoms with Crippen LogP contribution in [0.1, 0.15) is 34.8 Å². The monoisotopic (exact) mass is 425 g/mol. The molecule has 3 aromatic rings. The number of carbonyl (C=O) groups is 1. The van der Waals surface area contributed by atoms with Crippen LogP contribution >= 0.6 is 0 Å². The molecule has 1 atom stereocenters. The molecule has 9 heteroatoms. The van der Waals surface area contributed by atoms with E-state index in [4.69, 9.17) is 15.6 Å². The van der Waals surface area contributed by atoms with Gasteiger partial charge in [-0.3, -0.25) is 0 Å². The summed E-state index contributed by atoms with van der Waals surface area (Å²) in [6, 6.07) is 13.0. The molecule has 0 saturated heterocycles. The Balaban J connectivity index is 1.73. The summed E-state index contributed by atoms with van der Waals surface area (Å²) in [5.74, 6) is 1.89. The summed E-state index contributed by atoms with van der Waals surface area (Å²) in [4.78, 5) is 12.4. The number of nitrogens with one attached hydrogen (secondary N) is 1. The molecular formula is C21H19N3O5S. The average molecular weight is 425 g/mol. The van der Waals surface area contributed by atoms with E-state index in [2.05, 4.69) is 20.8 Å². The highest BCUT2D eigenvalue weighted by molar-refractivity contribution is 7.89. The number of nitrogens with zero attached hydrogens (tertiary/aromatic N) is 2. The van der Waals surface area contributed by atoms with Gasteiger partial charge < -0.3 is 9.15 Å². The smallest absolute Gasteiger partial charge is 0.338 e. The van der Waals surface area contributed by atoms with Crippen molar-refractivity contribution >= 4 is 16.0 Å². The molecule has 8 nitrogen and oxygen atoms in total. The fraction of sp³-hybridized carbons (Fsp3) is 0.190. The lowest BCUT2D eigenvalue weighted by Gasteiger charge is -2.10. The molecule has 0 aliphatic rings. The number of benzene rings is 2. The molecular weight excluding hydrogens is 406 g/mol. The van der Waals surface area contributed by atoms with Gasteiger partial charge in [-0.25, -0.2) is 13.2 Å². The van der Waals surface area contributed by atoms with E-state index in [1.54, 1.807) is 6.92 Å². The van der Waals surface area contributed by atoms with Crippen molar-refractivity contribution in [2.45, 2.75) is 24.8 Å². The van der Waals surface area contributed by atoms with E-state index in [1.165, 1.54) is 24.3 Å². The van der Waals surface area contributed by atoms with Crippen LogP contribution in [0.25, 0.3) is 11.5 Å². The van der Waals surface area contributed by atoms with E-state index in [1.807, 2.05) is 31.2 Å². The largest absolute Gasteiger partial charge is 0.449 e. The third kappa shape index (κ3) is 4.92. The van der Waals surface area contributed by atoms with Crippen LogP contribution in [0.4, 0.5) is 0 Å². The molecule has 0 amide bonds. The van der Waals surface area contributed by atoms with Crippen LogP contribution < -0.4 is 4.72 Å². The normalized spacial score (nSPS) is 12.2. The number of rotatable bonds is 7. The van der Waals surface area contributed by atoms with Crippen molar-refractivity contribution in [2.24, 2.45) is 0 Å². The van der Waals surface area contributed by atoms with Gasteiger partial charge in [-0.2, -0.15) is 4.72 Å². The third-order valence-corrected chi connectivity index (χ3v) is 5.51. The van der Waals surface area contributed by atoms with Gasteiger partial charge >= 0.3 is 5.97 Å². The number of aromatic nitrogens is 2. The Bertz CT molecular complexity index is 1190. The fourth-order valence-electron chi connectivity index (χ4n) is 2.50. The Morgan fingerprint density at radius 3 is 2.67 bits per heavy atom. The Morgan fingerprint density at radius 1 is 1.23 bits per heavy atom. The molecule has 1 heterocycles. The summed E-state index contributed by atoms with van der Waals surface area (Å²) in [5, 5.41) is 7.91. The lowest BCUT2D eigenvalue weighted by Crippen LogP contribution is -2.24. The lowest BCUT2D eigenvalue weighted by atomic mass is 10.1. The number of ether oxygens (including phenoxy) is 1. The summed E-state index contributed by atoms with van der Waals surface area (Å²) in [6.07, 6.45) is 4.25. The van der Waals surface area contributed by atoms with Gasteiger partial charge in [-0.05, 0) is 44.2 Å². The van der Waals surface area contributed by atoms with E-state index in [9.17, 15) is 13.2 Å². The molecule has 1 unspecified atom stereocenters. The number of esters is 1. The zero-order valence-corrected chi connectivity index (χ0v) is 17.1. The van der Waals surface area contributed by atoms with E-state index >= 15 is 0 Å². The molecule has 2 aromatic carbocycles. The van der Waals surface area contributed by atoms with Crippen molar-refractivity contribution in [1.29, 1.82) is 0 Å². The molecule has 0 radical (unpaired) electrons. The number of terminal acetylenes is 1. The molecule has 3 rings (SSSR count). The molecule has 0 aliphatic carbocycles. The molecule has 1 aromatic heterocycles. The first-order chi connectivity index (χ1) is 14.3. The number of carbonyl (C=O) groups excluding carboxylic acids is 1. The third-order valence-electron chi connectivity index (χ3n) is 4.12. The van der Waals surface area contributed by atoms with Crippen molar-refractivity contribution in [2.75, 3.05) is 6.54 Å². The summed E-state index contributed by atoms with van der Waals surface area (Å²) in [7, 11) is -3.83. The highest BCUT2D eigenvalue weighted by atomic mass is 32.2. The highest BCUT2D eigenvalue weighted by Crippen LogP contribution is 2.23. The Hall–Kier alpha value is -3.48. The topological polar surface area (TPSA) is 111 Å². The Kier molecular flexibility index (Phi) is 6.30. The maximum atomic E-state index is 12.5. The standard InChI is InChI=1S/C21H19N3O5S/c1-4-12-22-30(26,27)18-7-5-6-17(13-18)21(25)28-15(3)19-23-24-20(29-19)16-10-8-14(2)9-11-16/h1,5-11,13,15,22H,12H2,2-3H3. The van der Waals surface area contributed by atoms with Gasteiger partial charge in [0.1, 0.15) is 0 Å². The van der Waals surface area contributed by atoms with Gasteiger partial charge in [0.25, 0.3) is 5.89 Å². The van der Waals surface area contributed by atoms with Crippen LogP contribution in [0.3, 0.4) is 0 Å². The predicted octanol–water partition coefficient (Wildman–Crippen LogP) is 2.87. The van der Waals surface area contributed by atoms with Crippen molar-refractivity contribution in [3.8, 4) is 23.8 Å². The predicted molar refractivity (Wildman–Crippen MR) is 109 cm³/mol. The Morgan fingerprint density at radius 2 is 1.97 bits per heavy atom. The number of hydrogen-bond acceptors (Lipinski definition) is 7. The highest BCUT2D eigenvalue weighted by Gasteiger charge is 2.21. The minimum Gasteiger partial charge on any atom is -0.449 e. The fourth-order valence-corrected chi connectivity index (χ4v) is 3.48. The maximum absolute atomic E-state index is 12.5. The minimum atomic E-state index is -3.83. The zero-order chi connectivity index (χ0) is 21.7. The Labute approximate surface area is 174 Å². The van der Waals surface area contributed by atoms with Crippen molar-refractivity contribution < 1.29 is 22.4 Å². The van der Waals surface area contributed by atoms with Gasteiger partial charge in [-0.15, -0.1) is 16.6 Å². The molecule has 0 bridgehead atoms. The van der Waals surface area contributed by atoms with Crippen molar-refractivity contribution in [1.82, 2.24) is 14.9 Å². The second-order valence-corrected chi connectivity index (χ2v) is 8.18. The molecule has 0 fully saturated rings. The van der Waals surface area contributed by atoms with Crippen LogP contribution in [0, 0.1) is 19.3 Å². The van der Waals surface area contributed by atoms with Crippen LogP contribution in [0.5, 0.6) is 0 Å². The first-order valence-electron chi connectivity index (χ1n) is 8.95. The SMILES string of the molecule is C#CCNS(=O)(=O)c1cccc(C(=O)OC(C)c2nnc(-c3ccc(C)cc3)o2)c1. The second kappa shape index (κ2) is 8.90. The first-order valence-corrected chi connectivity index (χ1v) is 10.4. The summed E-state index contributed by atoms with van der Waals surface area (Å²) in [6.45, 7) is 3.39. The number of sulfonamides is 1. The molecule has 0 spiro atoms. The van der Waals surface area contributed by atoms with Gasteiger partial charge in [0.2, 0.25) is 15.9 Å². The van der Waals surface area contributed by atoms with Gasteiger partial charge in [0, 0.05) is 5.56 Å². The van der Waals surface area contributed by atoms with Crippen LogP contribution in [-0.4, -0.2) is 31.1 Å². The first kappa shape index (κ1) is 21.2. The molecule has 30 heavy (non-hydrogen) atoms. The van der Waals surface area contributed by atoms with Gasteiger partial charge in [0.15, 0.2) is 6.10 Å². The lowest BCUT2D eigenvalue weighted by molar-refractivity contribution is 0.0279. The van der Waals surface area contributed by atoms with Crippen LogP contribution in [0.2, 0.25) is 0 Å². The molecule has 0 saturated carbocycles. The van der Waals surface area contributed by atoms with E-state index in [0.29, 0.717) is 5.89 Å². The number of aryl methyl sites for hydroxylation is 1. The average Bonchev–Trinajstić information content (AvgIpc) is 3.23. The summed E-state index contributed by atoms with van der Waals surface area (Å²) < 4.78 is 37.5. The number of hydrogen-bond donors (Lipinski definition) is 1. The summed E-state index contributed by atoms with van der Waals surface area (Å²) >= 11 is 0. The molecule has 1 N–H and O–H groups in total. The van der Waals surface area contributed by atoms with Crippen LogP contribution in [-0.2, 0) is 14.8 Å². The van der Waals surface area contributed by atoms with E-state index in [-0.39, 0.29) is 22.9 Å².